The molecule has 0 spiro atoms. The van der Waals surface area contributed by atoms with Crippen molar-refractivity contribution in [2.24, 2.45) is 0 Å². The molecule has 1 fully saturated rings. The van der Waals surface area contributed by atoms with Crippen molar-refractivity contribution >= 4 is 33.4 Å². The summed E-state index contributed by atoms with van der Waals surface area (Å²) >= 11 is 3.32. The van der Waals surface area contributed by atoms with E-state index in [4.69, 9.17) is 5.73 Å². The molecule has 3 N–H and O–H groups in total. The van der Waals surface area contributed by atoms with Crippen molar-refractivity contribution in [3.63, 3.8) is 0 Å². The lowest BCUT2D eigenvalue weighted by atomic mass is 10.2. The Morgan fingerprint density at radius 2 is 1.94 bits per heavy atom. The van der Waals surface area contributed by atoms with Gasteiger partial charge in [0.15, 0.2) is 0 Å². The second kappa shape index (κ2) is 4.85. The quantitative estimate of drug-likeness (QED) is 0.615. The van der Waals surface area contributed by atoms with Gasteiger partial charge in [-0.3, -0.25) is 19.8 Å². The standard InChI is InChI=1S/C11H12BrN3O2/c12-8-2-1-7(3-9(8)13)4-15-5-10(16)14-11(17)6-15/h1-3H,4-6,13H2,(H,14,16,17). The summed E-state index contributed by atoms with van der Waals surface area (Å²) in [5.41, 5.74) is 7.40. The van der Waals surface area contributed by atoms with Gasteiger partial charge in [-0.05, 0) is 33.6 Å². The average Bonchev–Trinajstić information content (AvgIpc) is 2.22. The number of nitrogens with two attached hydrogens (primary N) is 1. The van der Waals surface area contributed by atoms with Gasteiger partial charge in [0.05, 0.1) is 13.1 Å². The molecule has 1 saturated heterocycles. The number of nitrogens with one attached hydrogen (secondary N) is 1. The number of benzene rings is 1. The maximum atomic E-state index is 11.2. The van der Waals surface area contributed by atoms with Gasteiger partial charge in [0.2, 0.25) is 11.8 Å². The van der Waals surface area contributed by atoms with Crippen LogP contribution >= 0.6 is 15.9 Å². The number of piperazine rings is 1. The predicted molar refractivity (Wildman–Crippen MR) is 67.0 cm³/mol. The molecule has 1 aromatic rings. The van der Waals surface area contributed by atoms with E-state index in [1.54, 1.807) is 4.90 Å². The summed E-state index contributed by atoms with van der Waals surface area (Å²) in [5, 5.41) is 2.26. The van der Waals surface area contributed by atoms with E-state index in [0.29, 0.717) is 12.2 Å². The molecule has 0 aliphatic carbocycles. The fraction of sp³-hybridized carbons (Fsp3) is 0.273. The van der Waals surface area contributed by atoms with Crippen LogP contribution in [0.1, 0.15) is 5.56 Å². The van der Waals surface area contributed by atoms with Crippen molar-refractivity contribution in [3.8, 4) is 0 Å². The predicted octanol–water partition coefficient (Wildman–Crippen LogP) is 0.490. The minimum absolute atomic E-state index is 0.238. The molecule has 0 unspecified atom stereocenters. The van der Waals surface area contributed by atoms with Gasteiger partial charge in [0, 0.05) is 16.7 Å². The second-order valence-electron chi connectivity index (χ2n) is 3.97. The molecular weight excluding hydrogens is 286 g/mol. The normalized spacial score (nSPS) is 17.0. The van der Waals surface area contributed by atoms with E-state index in [-0.39, 0.29) is 24.9 Å². The maximum absolute atomic E-state index is 11.2. The smallest absolute Gasteiger partial charge is 0.240 e. The Hall–Kier alpha value is -1.40. The SMILES string of the molecule is Nc1cc(CN2CC(=O)NC(=O)C2)ccc1Br. The third kappa shape index (κ3) is 3.04. The Kier molecular flexibility index (Phi) is 3.44. The number of hydrogen-bond acceptors (Lipinski definition) is 4. The fourth-order valence-electron chi connectivity index (χ4n) is 1.76. The van der Waals surface area contributed by atoms with Gasteiger partial charge < -0.3 is 5.73 Å². The van der Waals surface area contributed by atoms with Crippen LogP contribution in [0.4, 0.5) is 5.69 Å². The number of nitrogen functional groups attached to an aromatic ring is 1. The lowest BCUT2D eigenvalue weighted by Crippen LogP contribution is -2.50. The number of halogens is 1. The van der Waals surface area contributed by atoms with Crippen molar-refractivity contribution in [1.82, 2.24) is 10.2 Å². The molecule has 0 saturated carbocycles. The van der Waals surface area contributed by atoms with Gasteiger partial charge in [-0.15, -0.1) is 0 Å². The minimum Gasteiger partial charge on any atom is -0.398 e. The van der Waals surface area contributed by atoms with Crippen LogP contribution in [0.5, 0.6) is 0 Å². The number of imide groups is 1. The van der Waals surface area contributed by atoms with Crippen LogP contribution in [-0.2, 0) is 16.1 Å². The van der Waals surface area contributed by atoms with Crippen LogP contribution < -0.4 is 11.1 Å². The third-order valence-corrected chi connectivity index (χ3v) is 3.20. The summed E-state index contributed by atoms with van der Waals surface area (Å²) in [7, 11) is 0. The Morgan fingerprint density at radius 1 is 1.29 bits per heavy atom. The number of carbonyl (C=O) groups excluding carboxylic acids is 2. The van der Waals surface area contributed by atoms with E-state index in [1.807, 2.05) is 18.2 Å². The first-order chi connectivity index (χ1) is 8.04. The van der Waals surface area contributed by atoms with Gasteiger partial charge in [-0.2, -0.15) is 0 Å². The zero-order valence-corrected chi connectivity index (χ0v) is 10.7. The van der Waals surface area contributed by atoms with Crippen LogP contribution in [-0.4, -0.2) is 29.8 Å². The highest BCUT2D eigenvalue weighted by Crippen LogP contribution is 2.21. The van der Waals surface area contributed by atoms with E-state index in [0.717, 1.165) is 10.0 Å². The molecular formula is C11H12BrN3O2. The highest BCUT2D eigenvalue weighted by Gasteiger charge is 2.22. The monoisotopic (exact) mass is 297 g/mol. The summed E-state index contributed by atoms with van der Waals surface area (Å²) in [6, 6.07) is 5.61. The van der Waals surface area contributed by atoms with Crippen LogP contribution in [0.3, 0.4) is 0 Å². The second-order valence-corrected chi connectivity index (χ2v) is 4.83. The van der Waals surface area contributed by atoms with Crippen LogP contribution in [0.2, 0.25) is 0 Å². The first kappa shape index (κ1) is 12.1. The lowest BCUT2D eigenvalue weighted by molar-refractivity contribution is -0.136. The summed E-state index contributed by atoms with van der Waals surface area (Å²) < 4.78 is 0.841. The number of carbonyl (C=O) groups is 2. The molecule has 0 aromatic heterocycles. The average molecular weight is 298 g/mol. The number of nitrogens with zero attached hydrogens (tertiary/aromatic N) is 1. The number of amides is 2. The van der Waals surface area contributed by atoms with Gasteiger partial charge in [0.1, 0.15) is 0 Å². The van der Waals surface area contributed by atoms with Crippen LogP contribution in [0.15, 0.2) is 22.7 Å². The molecule has 1 aromatic carbocycles. The third-order valence-electron chi connectivity index (χ3n) is 2.48. The molecule has 6 heteroatoms. The molecule has 1 aliphatic heterocycles. The Balaban J connectivity index is 2.07. The van der Waals surface area contributed by atoms with Crippen LogP contribution in [0, 0.1) is 0 Å². The molecule has 1 aliphatic rings. The minimum atomic E-state index is -0.258. The number of hydrogen-bond donors (Lipinski definition) is 2. The first-order valence-electron chi connectivity index (χ1n) is 5.13. The van der Waals surface area contributed by atoms with Crippen LogP contribution in [0.25, 0.3) is 0 Å². The highest BCUT2D eigenvalue weighted by molar-refractivity contribution is 9.10. The number of anilines is 1. The Morgan fingerprint density at radius 3 is 2.53 bits per heavy atom. The first-order valence-corrected chi connectivity index (χ1v) is 5.93. The molecule has 90 valence electrons. The van der Waals surface area contributed by atoms with E-state index in [9.17, 15) is 9.59 Å². The fourth-order valence-corrected chi connectivity index (χ4v) is 2.00. The molecule has 0 bridgehead atoms. The van der Waals surface area contributed by atoms with Crippen molar-refractivity contribution in [2.75, 3.05) is 18.8 Å². The van der Waals surface area contributed by atoms with Crippen molar-refractivity contribution in [2.45, 2.75) is 6.54 Å². The van der Waals surface area contributed by atoms with Gasteiger partial charge in [0.25, 0.3) is 0 Å². The molecule has 2 amide bonds. The summed E-state index contributed by atoms with van der Waals surface area (Å²) in [6.07, 6.45) is 0. The summed E-state index contributed by atoms with van der Waals surface area (Å²) in [4.78, 5) is 24.2. The molecule has 0 radical (unpaired) electrons. The largest absolute Gasteiger partial charge is 0.398 e. The van der Waals surface area contributed by atoms with Gasteiger partial charge >= 0.3 is 0 Å². The molecule has 1 heterocycles. The topological polar surface area (TPSA) is 75.4 Å². The van der Waals surface area contributed by atoms with E-state index < -0.39 is 0 Å². The lowest BCUT2D eigenvalue weighted by Gasteiger charge is -2.25. The van der Waals surface area contributed by atoms with Gasteiger partial charge in [-0.25, -0.2) is 0 Å². The molecule has 17 heavy (non-hydrogen) atoms. The van der Waals surface area contributed by atoms with Gasteiger partial charge in [-0.1, -0.05) is 6.07 Å². The van der Waals surface area contributed by atoms with Crippen molar-refractivity contribution in [1.29, 1.82) is 0 Å². The number of rotatable bonds is 2. The summed E-state index contributed by atoms with van der Waals surface area (Å²) in [6.45, 7) is 1.01. The van der Waals surface area contributed by atoms with E-state index in [2.05, 4.69) is 21.2 Å². The Bertz CT molecular complexity index is 460. The zero-order chi connectivity index (χ0) is 12.4. The highest BCUT2D eigenvalue weighted by atomic mass is 79.9. The zero-order valence-electron chi connectivity index (χ0n) is 9.07. The summed E-state index contributed by atoms with van der Waals surface area (Å²) in [5.74, 6) is -0.516. The van der Waals surface area contributed by atoms with Crippen molar-refractivity contribution < 1.29 is 9.59 Å². The molecule has 5 nitrogen and oxygen atoms in total. The molecule has 0 atom stereocenters. The molecule has 2 rings (SSSR count). The van der Waals surface area contributed by atoms with Crippen molar-refractivity contribution in [3.05, 3.63) is 28.2 Å². The van der Waals surface area contributed by atoms with E-state index >= 15 is 0 Å². The maximum Gasteiger partial charge on any atom is 0.240 e. The van der Waals surface area contributed by atoms with E-state index in [1.165, 1.54) is 0 Å². The Labute approximate surface area is 107 Å².